The van der Waals surface area contributed by atoms with Crippen molar-refractivity contribution in [2.75, 3.05) is 19.9 Å². The molecule has 6 nitrogen and oxygen atoms in total. The number of carbonyl (C=O) groups is 1. The first-order valence-electron chi connectivity index (χ1n) is 12.4. The van der Waals surface area contributed by atoms with E-state index in [4.69, 9.17) is 9.47 Å². The third-order valence-corrected chi connectivity index (χ3v) is 8.95. The second kappa shape index (κ2) is 10.2. The van der Waals surface area contributed by atoms with Crippen molar-refractivity contribution >= 4 is 16.8 Å². The normalized spacial score (nSPS) is 18.8. The summed E-state index contributed by atoms with van der Waals surface area (Å²) in [5.41, 5.74) is 3.77. The molecule has 1 aliphatic carbocycles. The summed E-state index contributed by atoms with van der Waals surface area (Å²) in [7, 11) is -1.10. The van der Waals surface area contributed by atoms with Gasteiger partial charge in [-0.3, -0.25) is 4.79 Å². The fourth-order valence-corrected chi connectivity index (χ4v) is 6.46. The van der Waals surface area contributed by atoms with E-state index in [-0.39, 0.29) is 18.1 Å². The predicted molar refractivity (Wildman–Crippen MR) is 140 cm³/mol. The monoisotopic (exact) mass is 505 g/mol. The van der Waals surface area contributed by atoms with Crippen LogP contribution in [0.15, 0.2) is 71.6 Å². The minimum absolute atomic E-state index is 0. The van der Waals surface area contributed by atoms with Gasteiger partial charge in [-0.2, -0.15) is 0 Å². The molecular formula is C29H31NO5S. The summed E-state index contributed by atoms with van der Waals surface area (Å²) in [5.74, 6) is 1.73. The number of rotatable bonds is 7. The van der Waals surface area contributed by atoms with Crippen molar-refractivity contribution < 1.29 is 24.0 Å². The number of hydrogen-bond acceptors (Lipinski definition) is 4. The number of piperidine rings is 1. The maximum atomic E-state index is 13.4. The molecule has 1 saturated heterocycles. The zero-order valence-corrected chi connectivity index (χ0v) is 21.0. The summed E-state index contributed by atoms with van der Waals surface area (Å²) < 4.78 is 25.9. The lowest BCUT2D eigenvalue weighted by atomic mass is 9.87. The highest BCUT2D eigenvalue weighted by Crippen LogP contribution is 2.51. The van der Waals surface area contributed by atoms with Gasteiger partial charge in [0.25, 0.3) is 0 Å². The average molecular weight is 506 g/mol. The number of ketones is 1. The summed E-state index contributed by atoms with van der Waals surface area (Å²) in [6.45, 7) is 2.04. The van der Waals surface area contributed by atoms with Crippen LogP contribution in [-0.2, 0) is 27.6 Å². The number of Topliss-reactive ketones (excluding diaryl/α,β-unsaturated/α-hetero) is 1. The van der Waals surface area contributed by atoms with Crippen LogP contribution in [0, 0.1) is 0 Å². The van der Waals surface area contributed by atoms with E-state index in [1.807, 2.05) is 54.6 Å². The van der Waals surface area contributed by atoms with Gasteiger partial charge in [0.15, 0.2) is 11.5 Å². The van der Waals surface area contributed by atoms with Crippen molar-refractivity contribution in [2.24, 2.45) is 0 Å². The Hall–Kier alpha value is -3.00. The highest BCUT2D eigenvalue weighted by molar-refractivity contribution is 7.82. The van der Waals surface area contributed by atoms with Crippen molar-refractivity contribution in [1.29, 1.82) is 0 Å². The van der Waals surface area contributed by atoms with Gasteiger partial charge in [-0.05, 0) is 72.2 Å². The van der Waals surface area contributed by atoms with Gasteiger partial charge in [0, 0.05) is 19.5 Å². The molecule has 36 heavy (non-hydrogen) atoms. The van der Waals surface area contributed by atoms with Crippen molar-refractivity contribution in [3.63, 3.8) is 0 Å². The zero-order chi connectivity index (χ0) is 23.8. The second-order valence-corrected chi connectivity index (χ2v) is 11.2. The van der Waals surface area contributed by atoms with Crippen molar-refractivity contribution in [3.05, 3.63) is 77.9 Å². The van der Waals surface area contributed by atoms with Crippen LogP contribution < -0.4 is 9.47 Å². The minimum Gasteiger partial charge on any atom is -0.454 e. The molecule has 1 saturated carbocycles. The van der Waals surface area contributed by atoms with Gasteiger partial charge in [0.2, 0.25) is 6.79 Å². The molecule has 1 atom stereocenters. The molecule has 2 fully saturated rings. The SMILES string of the molecule is O.O=C(Cc1cccc(-c2ccc(S(=O)N3CCCCC3)cc2)c1)C1(c2ccc3c(c2)OCO3)CC1. The average Bonchev–Trinajstić information content (AvgIpc) is 3.60. The van der Waals surface area contributed by atoms with Crippen LogP contribution >= 0.6 is 0 Å². The largest absolute Gasteiger partial charge is 0.454 e. The number of nitrogens with zero attached hydrogens (tertiary/aromatic N) is 1. The smallest absolute Gasteiger partial charge is 0.231 e. The van der Waals surface area contributed by atoms with Crippen molar-refractivity contribution in [2.45, 2.75) is 48.8 Å². The van der Waals surface area contributed by atoms with E-state index in [0.717, 1.165) is 77.4 Å². The summed E-state index contributed by atoms with van der Waals surface area (Å²) >= 11 is 0. The Bertz CT molecular complexity index is 1280. The maximum Gasteiger partial charge on any atom is 0.231 e. The van der Waals surface area contributed by atoms with E-state index < -0.39 is 16.4 Å². The van der Waals surface area contributed by atoms with Crippen molar-refractivity contribution in [1.82, 2.24) is 4.31 Å². The highest BCUT2D eigenvalue weighted by Gasteiger charge is 2.50. The fraction of sp³-hybridized carbons (Fsp3) is 0.345. The van der Waals surface area contributed by atoms with Crippen LogP contribution in [0.3, 0.4) is 0 Å². The number of benzene rings is 3. The molecule has 6 rings (SSSR count). The molecule has 2 heterocycles. The molecule has 0 aromatic heterocycles. The van der Waals surface area contributed by atoms with Gasteiger partial charge in [0.05, 0.1) is 10.3 Å². The Balaban J connectivity index is 0.00000267. The van der Waals surface area contributed by atoms with Crippen molar-refractivity contribution in [3.8, 4) is 22.6 Å². The van der Waals surface area contributed by atoms with E-state index in [9.17, 15) is 9.00 Å². The predicted octanol–water partition coefficient (Wildman–Crippen LogP) is 4.61. The molecule has 0 bridgehead atoms. The Morgan fingerprint density at radius 3 is 2.36 bits per heavy atom. The summed E-state index contributed by atoms with van der Waals surface area (Å²) in [6, 6.07) is 22.1. The number of fused-ring (bicyclic) bond motifs is 1. The molecule has 0 radical (unpaired) electrons. The van der Waals surface area contributed by atoms with Crippen LogP contribution in [0.1, 0.15) is 43.2 Å². The van der Waals surface area contributed by atoms with Crippen LogP contribution in [0.25, 0.3) is 11.1 Å². The van der Waals surface area contributed by atoms with Gasteiger partial charge >= 0.3 is 0 Å². The molecule has 2 N–H and O–H groups in total. The Morgan fingerprint density at radius 2 is 1.61 bits per heavy atom. The Labute approximate surface area is 214 Å². The summed E-state index contributed by atoms with van der Waals surface area (Å²) in [5, 5.41) is 0. The Kier molecular flexibility index (Phi) is 6.97. The maximum absolute atomic E-state index is 13.4. The summed E-state index contributed by atoms with van der Waals surface area (Å²) in [4.78, 5) is 14.3. The molecule has 7 heteroatoms. The van der Waals surface area contributed by atoms with Crippen LogP contribution in [0.5, 0.6) is 11.5 Å². The fourth-order valence-electron chi connectivity index (χ4n) is 5.21. The van der Waals surface area contributed by atoms with Gasteiger partial charge in [-0.15, -0.1) is 0 Å². The van der Waals surface area contributed by atoms with Gasteiger partial charge in [-0.25, -0.2) is 8.51 Å². The molecule has 3 aliphatic rings. The molecule has 188 valence electrons. The van der Waals surface area contributed by atoms with Crippen LogP contribution in [-0.4, -0.2) is 39.7 Å². The van der Waals surface area contributed by atoms with Gasteiger partial charge < -0.3 is 14.9 Å². The van der Waals surface area contributed by atoms with E-state index >= 15 is 0 Å². The molecule has 0 amide bonds. The first kappa shape index (κ1) is 24.7. The molecular weight excluding hydrogens is 474 g/mol. The first-order chi connectivity index (χ1) is 17.1. The number of carbonyl (C=O) groups excluding carboxylic acids is 1. The van der Waals surface area contributed by atoms with Gasteiger partial charge in [0.1, 0.15) is 16.8 Å². The Morgan fingerprint density at radius 1 is 0.861 bits per heavy atom. The third-order valence-electron chi connectivity index (χ3n) is 7.44. The zero-order valence-electron chi connectivity index (χ0n) is 20.2. The quantitative estimate of drug-likeness (QED) is 0.469. The van der Waals surface area contributed by atoms with E-state index in [0.29, 0.717) is 6.42 Å². The van der Waals surface area contributed by atoms with E-state index in [1.54, 1.807) is 0 Å². The molecule has 0 spiro atoms. The number of ether oxygens (including phenoxy) is 2. The van der Waals surface area contributed by atoms with E-state index in [2.05, 4.69) is 16.4 Å². The lowest BCUT2D eigenvalue weighted by Crippen LogP contribution is -2.31. The second-order valence-electron chi connectivity index (χ2n) is 9.71. The minimum atomic E-state index is -1.10. The van der Waals surface area contributed by atoms with E-state index in [1.165, 1.54) is 6.42 Å². The molecule has 1 unspecified atom stereocenters. The summed E-state index contributed by atoms with van der Waals surface area (Å²) in [6.07, 6.45) is 5.61. The molecule has 3 aromatic carbocycles. The lowest BCUT2D eigenvalue weighted by Gasteiger charge is -2.25. The van der Waals surface area contributed by atoms with Crippen LogP contribution in [0.4, 0.5) is 0 Å². The number of hydrogen-bond donors (Lipinski definition) is 0. The first-order valence-corrected chi connectivity index (χ1v) is 13.5. The molecule has 3 aromatic rings. The molecule has 2 aliphatic heterocycles. The third kappa shape index (κ3) is 4.71. The van der Waals surface area contributed by atoms with Crippen LogP contribution in [0.2, 0.25) is 0 Å². The highest BCUT2D eigenvalue weighted by atomic mass is 32.2. The van der Waals surface area contributed by atoms with Gasteiger partial charge in [-0.1, -0.05) is 48.9 Å². The lowest BCUT2D eigenvalue weighted by molar-refractivity contribution is -0.120. The topological polar surface area (TPSA) is 87.3 Å². The standard InChI is InChI=1S/C29H29NO4S.H2O/c31-28(29(13-14-29)24-9-12-26-27(19-24)34-20-33-26)18-21-5-4-6-23(17-21)22-7-10-25(11-8-22)35(32)30-15-2-1-3-16-30;/h4-12,17,19H,1-3,13-16,18,20H2;1H2.